The molecule has 13 heavy (non-hydrogen) atoms. The summed E-state index contributed by atoms with van der Waals surface area (Å²) in [6.45, 7) is 7.63. The average molecular weight is 248 g/mol. The quantitative estimate of drug-likeness (QED) is 0.699. The zero-order valence-electron chi connectivity index (χ0n) is 8.64. The molecule has 0 heterocycles. The first-order valence-corrected chi connectivity index (χ1v) is 5.72. The summed E-state index contributed by atoms with van der Waals surface area (Å²) in [6, 6.07) is 0. The number of hydrogen-bond acceptors (Lipinski definition) is 1. The van der Waals surface area contributed by atoms with Crippen molar-refractivity contribution < 1.29 is 4.79 Å². The van der Waals surface area contributed by atoms with Gasteiger partial charge >= 0.3 is 0 Å². The molecule has 0 N–H and O–H groups in total. The fraction of sp³-hybridized carbons (Fsp3) is 0.900. The monoisotopic (exact) mass is 247 g/mol. The van der Waals surface area contributed by atoms with E-state index in [0.29, 0.717) is 0 Å². The molecule has 1 aliphatic rings. The molecule has 0 aromatic heterocycles. The van der Waals surface area contributed by atoms with E-state index in [4.69, 9.17) is 0 Å². The minimum atomic E-state index is -0.405. The first kappa shape index (κ1) is 11.0. The first-order valence-electron chi connectivity index (χ1n) is 4.93. The van der Waals surface area contributed by atoms with Gasteiger partial charge in [-0.25, -0.2) is 0 Å². The van der Waals surface area contributed by atoms with Crippen LogP contribution >= 0.6 is 15.9 Å². The normalized spacial score (nSPS) is 17.2. The Morgan fingerprint density at radius 1 is 1.54 bits per heavy atom. The van der Waals surface area contributed by atoms with Gasteiger partial charge in [0.2, 0.25) is 5.91 Å². The predicted octanol–water partition coefficient (Wildman–Crippen LogP) is 2.42. The van der Waals surface area contributed by atoms with Gasteiger partial charge in [0.25, 0.3) is 0 Å². The van der Waals surface area contributed by atoms with Crippen LogP contribution in [0, 0.1) is 5.92 Å². The Kier molecular flexibility index (Phi) is 3.38. The van der Waals surface area contributed by atoms with Crippen molar-refractivity contribution in [2.75, 3.05) is 13.1 Å². The molecule has 3 heteroatoms. The molecule has 76 valence electrons. The first-order chi connectivity index (χ1) is 5.95. The van der Waals surface area contributed by atoms with Gasteiger partial charge in [-0.2, -0.15) is 0 Å². The number of carbonyl (C=O) groups is 1. The fourth-order valence-electron chi connectivity index (χ4n) is 1.34. The van der Waals surface area contributed by atoms with Crippen molar-refractivity contribution in [3.8, 4) is 0 Å². The molecule has 0 aromatic rings. The minimum Gasteiger partial charge on any atom is -0.342 e. The van der Waals surface area contributed by atoms with Gasteiger partial charge in [0.05, 0.1) is 4.32 Å². The molecular weight excluding hydrogens is 230 g/mol. The molecule has 1 amide bonds. The number of nitrogens with zero attached hydrogens (tertiary/aromatic N) is 1. The van der Waals surface area contributed by atoms with Gasteiger partial charge in [-0.05, 0) is 39.5 Å². The molecule has 1 aliphatic carbocycles. The van der Waals surface area contributed by atoms with Crippen LogP contribution in [0.2, 0.25) is 0 Å². The lowest BCUT2D eigenvalue weighted by molar-refractivity contribution is -0.132. The van der Waals surface area contributed by atoms with Crippen molar-refractivity contribution in [2.45, 2.75) is 37.9 Å². The van der Waals surface area contributed by atoms with Crippen LogP contribution in [0.25, 0.3) is 0 Å². The fourth-order valence-corrected chi connectivity index (χ4v) is 1.59. The Hall–Kier alpha value is -0.0500. The van der Waals surface area contributed by atoms with Crippen LogP contribution in [0.4, 0.5) is 0 Å². The van der Waals surface area contributed by atoms with Crippen LogP contribution in [0.15, 0.2) is 0 Å². The van der Waals surface area contributed by atoms with Crippen LogP contribution < -0.4 is 0 Å². The standard InChI is InChI=1S/C10H18BrNO/c1-4-12(7-8-5-6-8)9(13)10(2,3)11/h8H,4-7H2,1-3H3. The van der Waals surface area contributed by atoms with Crippen molar-refractivity contribution >= 4 is 21.8 Å². The van der Waals surface area contributed by atoms with E-state index >= 15 is 0 Å². The van der Waals surface area contributed by atoms with Gasteiger partial charge in [-0.15, -0.1) is 0 Å². The van der Waals surface area contributed by atoms with Crippen LogP contribution in [0.3, 0.4) is 0 Å². The maximum absolute atomic E-state index is 11.8. The van der Waals surface area contributed by atoms with Crippen molar-refractivity contribution in [3.63, 3.8) is 0 Å². The van der Waals surface area contributed by atoms with Gasteiger partial charge < -0.3 is 4.90 Å². The van der Waals surface area contributed by atoms with Gasteiger partial charge in [0.1, 0.15) is 0 Å². The molecule has 0 aliphatic heterocycles. The number of rotatable bonds is 4. The topological polar surface area (TPSA) is 20.3 Å². The van der Waals surface area contributed by atoms with Gasteiger partial charge in [0, 0.05) is 13.1 Å². The van der Waals surface area contributed by atoms with Crippen molar-refractivity contribution in [1.82, 2.24) is 4.90 Å². The minimum absolute atomic E-state index is 0.210. The summed E-state index contributed by atoms with van der Waals surface area (Å²) in [6.07, 6.45) is 2.60. The Morgan fingerprint density at radius 3 is 2.38 bits per heavy atom. The Balaban J connectivity index is 2.48. The van der Waals surface area contributed by atoms with E-state index in [9.17, 15) is 4.79 Å². The summed E-state index contributed by atoms with van der Waals surface area (Å²) in [4.78, 5) is 13.8. The second-order valence-corrected chi connectivity index (χ2v) is 6.24. The zero-order valence-corrected chi connectivity index (χ0v) is 10.2. The summed E-state index contributed by atoms with van der Waals surface area (Å²) >= 11 is 3.40. The third-order valence-corrected chi connectivity index (χ3v) is 2.69. The third-order valence-electron chi connectivity index (χ3n) is 2.35. The Morgan fingerprint density at radius 2 is 2.08 bits per heavy atom. The van der Waals surface area contributed by atoms with Crippen molar-refractivity contribution in [2.24, 2.45) is 5.92 Å². The SMILES string of the molecule is CCN(CC1CC1)C(=O)C(C)(C)Br. The van der Waals surface area contributed by atoms with E-state index in [-0.39, 0.29) is 5.91 Å². The number of amides is 1. The largest absolute Gasteiger partial charge is 0.342 e. The number of alkyl halides is 1. The third kappa shape index (κ3) is 3.29. The lowest BCUT2D eigenvalue weighted by atomic mass is 10.2. The highest BCUT2D eigenvalue weighted by molar-refractivity contribution is 9.10. The summed E-state index contributed by atoms with van der Waals surface area (Å²) in [5, 5.41) is 0. The smallest absolute Gasteiger partial charge is 0.238 e. The van der Waals surface area contributed by atoms with Crippen molar-refractivity contribution in [1.29, 1.82) is 0 Å². The van der Waals surface area contributed by atoms with Gasteiger partial charge in [0.15, 0.2) is 0 Å². The summed E-state index contributed by atoms with van der Waals surface area (Å²) < 4.78 is -0.405. The molecule has 0 unspecified atom stereocenters. The maximum atomic E-state index is 11.8. The number of carbonyl (C=O) groups excluding carboxylic acids is 1. The van der Waals surface area contributed by atoms with Crippen LogP contribution in [-0.4, -0.2) is 28.2 Å². The van der Waals surface area contributed by atoms with E-state index in [0.717, 1.165) is 19.0 Å². The highest BCUT2D eigenvalue weighted by atomic mass is 79.9. The highest BCUT2D eigenvalue weighted by Crippen LogP contribution is 2.31. The predicted molar refractivity (Wildman–Crippen MR) is 58.0 cm³/mol. The van der Waals surface area contributed by atoms with Crippen LogP contribution in [0.1, 0.15) is 33.6 Å². The molecule has 1 fully saturated rings. The second kappa shape index (κ2) is 3.99. The molecule has 0 spiro atoms. The molecule has 2 nitrogen and oxygen atoms in total. The van der Waals surface area contributed by atoms with E-state index < -0.39 is 4.32 Å². The van der Waals surface area contributed by atoms with E-state index in [1.54, 1.807) is 0 Å². The molecule has 1 saturated carbocycles. The van der Waals surface area contributed by atoms with E-state index in [1.165, 1.54) is 12.8 Å². The summed E-state index contributed by atoms with van der Waals surface area (Å²) in [5.41, 5.74) is 0. The average Bonchev–Trinajstić information content (AvgIpc) is 2.80. The molecule has 0 radical (unpaired) electrons. The van der Waals surface area contributed by atoms with E-state index in [2.05, 4.69) is 15.9 Å². The number of halogens is 1. The molecule has 0 saturated heterocycles. The lowest BCUT2D eigenvalue weighted by Gasteiger charge is -2.27. The molecule has 1 rings (SSSR count). The van der Waals surface area contributed by atoms with Crippen LogP contribution in [-0.2, 0) is 4.79 Å². The lowest BCUT2D eigenvalue weighted by Crippen LogP contribution is -2.42. The Bertz CT molecular complexity index is 194. The van der Waals surface area contributed by atoms with Crippen LogP contribution in [0.5, 0.6) is 0 Å². The molecule has 0 aromatic carbocycles. The molecule has 0 atom stereocenters. The zero-order chi connectivity index (χ0) is 10.1. The summed E-state index contributed by atoms with van der Waals surface area (Å²) in [7, 11) is 0. The number of hydrogen-bond donors (Lipinski definition) is 0. The molecule has 0 bridgehead atoms. The van der Waals surface area contributed by atoms with Crippen molar-refractivity contribution in [3.05, 3.63) is 0 Å². The van der Waals surface area contributed by atoms with Gasteiger partial charge in [-0.3, -0.25) is 4.79 Å². The summed E-state index contributed by atoms with van der Waals surface area (Å²) in [5.74, 6) is 0.987. The maximum Gasteiger partial charge on any atom is 0.238 e. The van der Waals surface area contributed by atoms with Gasteiger partial charge in [-0.1, -0.05) is 15.9 Å². The highest BCUT2D eigenvalue weighted by Gasteiger charge is 2.32. The van der Waals surface area contributed by atoms with E-state index in [1.807, 2.05) is 25.7 Å². The Labute approximate surface area is 88.8 Å². The second-order valence-electron chi connectivity index (χ2n) is 4.26. The molecular formula is C10H18BrNO.